The van der Waals surface area contributed by atoms with E-state index in [1.54, 1.807) is 11.3 Å². The van der Waals surface area contributed by atoms with Gasteiger partial charge in [-0.2, -0.15) is 0 Å². The quantitative estimate of drug-likeness (QED) is 0.824. The number of hydrogen-bond acceptors (Lipinski definition) is 3. The number of hydrogen-bond donors (Lipinski definition) is 1. The van der Waals surface area contributed by atoms with Crippen LogP contribution >= 0.6 is 11.3 Å². The molecular weight excluding hydrogens is 264 g/mol. The highest BCUT2D eigenvalue weighted by Crippen LogP contribution is 2.22. The van der Waals surface area contributed by atoms with Gasteiger partial charge in [0.05, 0.1) is 6.04 Å². The van der Waals surface area contributed by atoms with Crippen molar-refractivity contribution in [3.8, 4) is 0 Å². The van der Waals surface area contributed by atoms with Crippen LogP contribution < -0.4 is 5.32 Å². The van der Waals surface area contributed by atoms with Crippen molar-refractivity contribution in [3.05, 3.63) is 51.5 Å². The van der Waals surface area contributed by atoms with Crippen molar-refractivity contribution in [1.82, 2.24) is 10.3 Å². The Bertz CT molecular complexity index is 530. The molecule has 2 atom stereocenters. The lowest BCUT2D eigenvalue weighted by Gasteiger charge is -2.19. The van der Waals surface area contributed by atoms with Gasteiger partial charge in [0.15, 0.2) is 0 Å². The van der Waals surface area contributed by atoms with Crippen LogP contribution in [-0.2, 0) is 6.42 Å². The number of aryl methyl sites for hydroxylation is 2. The molecule has 2 unspecified atom stereocenters. The summed E-state index contributed by atoms with van der Waals surface area (Å²) in [6.45, 7) is 8.66. The number of aromatic nitrogens is 1. The largest absolute Gasteiger partial charge is 0.302 e. The molecule has 0 aliphatic rings. The number of nitrogens with one attached hydrogen (secondary N) is 1. The average molecular weight is 288 g/mol. The molecule has 1 heterocycles. The number of rotatable bonds is 6. The normalized spacial score (nSPS) is 14.2. The second-order valence-electron chi connectivity index (χ2n) is 5.43. The van der Waals surface area contributed by atoms with E-state index in [0.717, 1.165) is 17.1 Å². The summed E-state index contributed by atoms with van der Waals surface area (Å²) in [6, 6.07) is 9.60. The van der Waals surface area contributed by atoms with Crippen LogP contribution in [0.2, 0.25) is 0 Å². The fraction of sp³-hybridized carbons (Fsp3) is 0.471. The molecule has 2 nitrogen and oxygen atoms in total. The highest BCUT2D eigenvalue weighted by molar-refractivity contribution is 7.09. The smallest absolute Gasteiger partial charge is 0.110 e. The fourth-order valence-corrected chi connectivity index (χ4v) is 3.19. The van der Waals surface area contributed by atoms with Crippen molar-refractivity contribution in [2.45, 2.75) is 52.6 Å². The van der Waals surface area contributed by atoms with Gasteiger partial charge in [-0.1, -0.05) is 37.6 Å². The molecule has 1 N–H and O–H groups in total. The van der Waals surface area contributed by atoms with Crippen molar-refractivity contribution < 1.29 is 0 Å². The summed E-state index contributed by atoms with van der Waals surface area (Å²) >= 11 is 1.73. The van der Waals surface area contributed by atoms with Crippen LogP contribution in [0.3, 0.4) is 0 Å². The van der Waals surface area contributed by atoms with E-state index < -0.39 is 0 Å². The zero-order valence-electron chi connectivity index (χ0n) is 12.8. The lowest BCUT2D eigenvalue weighted by Crippen LogP contribution is -2.22. The van der Waals surface area contributed by atoms with E-state index in [2.05, 4.69) is 60.7 Å². The van der Waals surface area contributed by atoms with Crippen LogP contribution in [0.1, 0.15) is 61.1 Å². The first kappa shape index (κ1) is 15.2. The van der Waals surface area contributed by atoms with Crippen molar-refractivity contribution in [2.24, 2.45) is 0 Å². The molecule has 0 aliphatic carbocycles. The Balaban J connectivity index is 1.98. The van der Waals surface area contributed by atoms with E-state index in [0.29, 0.717) is 12.1 Å². The van der Waals surface area contributed by atoms with E-state index >= 15 is 0 Å². The van der Waals surface area contributed by atoms with Crippen molar-refractivity contribution >= 4 is 11.3 Å². The maximum absolute atomic E-state index is 4.55. The van der Waals surface area contributed by atoms with Gasteiger partial charge in [-0.3, -0.25) is 0 Å². The minimum Gasteiger partial charge on any atom is -0.302 e. The number of nitrogens with zero attached hydrogens (tertiary/aromatic N) is 1. The van der Waals surface area contributed by atoms with E-state index in [9.17, 15) is 0 Å². The Kier molecular flexibility index (Phi) is 5.32. The first-order valence-corrected chi connectivity index (χ1v) is 8.25. The van der Waals surface area contributed by atoms with Gasteiger partial charge in [0.1, 0.15) is 5.01 Å². The predicted octanol–water partition coefficient (Wildman–Crippen LogP) is 4.82. The third-order valence-corrected chi connectivity index (χ3v) is 4.67. The molecule has 108 valence electrons. The molecular formula is C17H24N2S. The molecule has 20 heavy (non-hydrogen) atoms. The van der Waals surface area contributed by atoms with Gasteiger partial charge in [-0.15, -0.1) is 11.3 Å². The summed E-state index contributed by atoms with van der Waals surface area (Å²) in [7, 11) is 0. The molecule has 2 aromatic rings. The third-order valence-electron chi connectivity index (χ3n) is 3.53. The van der Waals surface area contributed by atoms with Gasteiger partial charge < -0.3 is 5.32 Å². The van der Waals surface area contributed by atoms with Gasteiger partial charge in [-0.25, -0.2) is 4.98 Å². The Hall–Kier alpha value is -1.19. The van der Waals surface area contributed by atoms with E-state index in [1.165, 1.54) is 17.5 Å². The standard InChI is InChI=1S/C17H24N2S/c1-5-6-15-7-9-16(10-8-15)13(3)19-14(4)17-18-12(2)11-20-17/h7-11,13-14,19H,5-6H2,1-4H3. The lowest BCUT2D eigenvalue weighted by atomic mass is 10.0. The maximum atomic E-state index is 4.55. The SMILES string of the molecule is CCCc1ccc(C(C)NC(C)c2nc(C)cs2)cc1. The third kappa shape index (κ3) is 3.90. The van der Waals surface area contributed by atoms with Crippen LogP contribution in [0, 0.1) is 6.92 Å². The average Bonchev–Trinajstić information content (AvgIpc) is 2.86. The molecule has 2 rings (SSSR count). The first-order valence-electron chi connectivity index (χ1n) is 7.37. The van der Waals surface area contributed by atoms with Crippen LogP contribution in [0.15, 0.2) is 29.6 Å². The summed E-state index contributed by atoms with van der Waals surface area (Å²) in [5.41, 5.74) is 3.87. The van der Waals surface area contributed by atoms with Crippen LogP contribution in [-0.4, -0.2) is 4.98 Å². The number of thiazole rings is 1. The summed E-state index contributed by atoms with van der Waals surface area (Å²) < 4.78 is 0. The molecule has 1 aromatic heterocycles. The predicted molar refractivity (Wildman–Crippen MR) is 87.3 cm³/mol. The fourth-order valence-electron chi connectivity index (χ4n) is 2.38. The molecule has 0 aliphatic heterocycles. The van der Waals surface area contributed by atoms with Gasteiger partial charge >= 0.3 is 0 Å². The van der Waals surface area contributed by atoms with E-state index in [1.807, 2.05) is 6.92 Å². The zero-order chi connectivity index (χ0) is 14.5. The first-order chi connectivity index (χ1) is 9.60. The van der Waals surface area contributed by atoms with Gasteiger partial charge in [-0.05, 0) is 38.3 Å². The zero-order valence-corrected chi connectivity index (χ0v) is 13.6. The lowest BCUT2D eigenvalue weighted by molar-refractivity contribution is 0.492. The van der Waals surface area contributed by atoms with Crippen LogP contribution in [0.5, 0.6) is 0 Å². The van der Waals surface area contributed by atoms with Gasteiger partial charge in [0.25, 0.3) is 0 Å². The van der Waals surface area contributed by atoms with Gasteiger partial charge in [0, 0.05) is 17.1 Å². The monoisotopic (exact) mass is 288 g/mol. The molecule has 0 spiro atoms. The molecule has 3 heteroatoms. The van der Waals surface area contributed by atoms with Crippen molar-refractivity contribution in [2.75, 3.05) is 0 Å². The second kappa shape index (κ2) is 7.00. The Morgan fingerprint density at radius 1 is 1.15 bits per heavy atom. The van der Waals surface area contributed by atoms with Crippen LogP contribution in [0.4, 0.5) is 0 Å². The van der Waals surface area contributed by atoms with E-state index in [-0.39, 0.29) is 0 Å². The Morgan fingerprint density at radius 3 is 2.40 bits per heavy atom. The molecule has 0 amide bonds. The topological polar surface area (TPSA) is 24.9 Å². The molecule has 1 aromatic carbocycles. The van der Waals surface area contributed by atoms with Crippen molar-refractivity contribution in [3.63, 3.8) is 0 Å². The highest BCUT2D eigenvalue weighted by atomic mass is 32.1. The highest BCUT2D eigenvalue weighted by Gasteiger charge is 2.13. The molecule has 0 radical (unpaired) electrons. The Labute approximate surface area is 126 Å². The summed E-state index contributed by atoms with van der Waals surface area (Å²) in [5.74, 6) is 0. The Morgan fingerprint density at radius 2 is 1.85 bits per heavy atom. The summed E-state index contributed by atoms with van der Waals surface area (Å²) in [6.07, 6.45) is 2.37. The van der Waals surface area contributed by atoms with Crippen molar-refractivity contribution in [1.29, 1.82) is 0 Å². The number of benzene rings is 1. The minimum absolute atomic E-state index is 0.291. The molecule has 0 saturated heterocycles. The van der Waals surface area contributed by atoms with Crippen LogP contribution in [0.25, 0.3) is 0 Å². The van der Waals surface area contributed by atoms with Gasteiger partial charge in [0.2, 0.25) is 0 Å². The minimum atomic E-state index is 0.291. The molecule has 0 saturated carbocycles. The molecule has 0 fully saturated rings. The van der Waals surface area contributed by atoms with E-state index in [4.69, 9.17) is 0 Å². The summed E-state index contributed by atoms with van der Waals surface area (Å²) in [5, 5.41) is 6.90. The molecule has 0 bridgehead atoms. The summed E-state index contributed by atoms with van der Waals surface area (Å²) in [4.78, 5) is 4.55. The second-order valence-corrected chi connectivity index (χ2v) is 6.32. The maximum Gasteiger partial charge on any atom is 0.110 e.